The first-order chi connectivity index (χ1) is 6.20. The van der Waals surface area contributed by atoms with Crippen molar-refractivity contribution in [3.63, 3.8) is 0 Å². The van der Waals surface area contributed by atoms with E-state index in [0.29, 0.717) is 12.3 Å². The summed E-state index contributed by atoms with van der Waals surface area (Å²) in [6, 6.07) is 5.28. The van der Waals surface area contributed by atoms with Gasteiger partial charge in [0.1, 0.15) is 5.75 Å². The minimum absolute atomic E-state index is 0.0318. The molecule has 0 fully saturated rings. The van der Waals surface area contributed by atoms with Crippen LogP contribution in [0.5, 0.6) is 5.75 Å². The van der Waals surface area contributed by atoms with Crippen molar-refractivity contribution in [2.45, 2.75) is 13.3 Å². The predicted molar refractivity (Wildman–Crippen MR) is 49.8 cm³/mol. The van der Waals surface area contributed by atoms with E-state index in [1.54, 1.807) is 24.0 Å². The van der Waals surface area contributed by atoms with Gasteiger partial charge in [-0.3, -0.25) is 4.79 Å². The van der Waals surface area contributed by atoms with E-state index in [1.807, 2.05) is 6.07 Å². The average molecular weight is 177 g/mol. The van der Waals surface area contributed by atoms with Crippen LogP contribution in [-0.4, -0.2) is 17.6 Å². The Morgan fingerprint density at radius 3 is 3.00 bits per heavy atom. The maximum atomic E-state index is 11.2. The first-order valence-electron chi connectivity index (χ1n) is 4.29. The molecule has 0 aliphatic carbocycles. The number of nitrogens with zero attached hydrogens (tertiary/aromatic N) is 1. The summed E-state index contributed by atoms with van der Waals surface area (Å²) in [5.41, 5.74) is 1.74. The summed E-state index contributed by atoms with van der Waals surface area (Å²) in [7, 11) is 0. The number of rotatable bonds is 0. The quantitative estimate of drug-likeness (QED) is 0.649. The number of benzene rings is 1. The molecule has 0 spiro atoms. The highest BCUT2D eigenvalue weighted by molar-refractivity contribution is 5.94. The predicted octanol–water partition coefficient (Wildman–Crippen LogP) is 1.30. The monoisotopic (exact) mass is 177 g/mol. The first-order valence-corrected chi connectivity index (χ1v) is 4.29. The summed E-state index contributed by atoms with van der Waals surface area (Å²) in [5, 5.41) is 9.49. The molecule has 1 aliphatic heterocycles. The number of hydrogen-bond acceptors (Lipinski definition) is 2. The Morgan fingerprint density at radius 2 is 2.31 bits per heavy atom. The minimum Gasteiger partial charge on any atom is -0.508 e. The fourth-order valence-electron chi connectivity index (χ4n) is 1.74. The number of phenols is 1. The molecule has 0 aromatic heterocycles. The molecule has 1 amide bonds. The number of carbonyl (C=O) groups excluding carboxylic acids is 1. The molecule has 0 saturated carbocycles. The van der Waals surface area contributed by atoms with Crippen LogP contribution in [0.2, 0.25) is 0 Å². The van der Waals surface area contributed by atoms with E-state index in [9.17, 15) is 9.90 Å². The van der Waals surface area contributed by atoms with Gasteiger partial charge in [-0.05, 0) is 18.6 Å². The highest BCUT2D eigenvalue weighted by atomic mass is 16.3. The highest BCUT2D eigenvalue weighted by Crippen LogP contribution is 2.33. The molecule has 0 unspecified atom stereocenters. The van der Waals surface area contributed by atoms with Crippen molar-refractivity contribution < 1.29 is 9.90 Å². The molecule has 13 heavy (non-hydrogen) atoms. The maximum absolute atomic E-state index is 11.2. The zero-order valence-electron chi connectivity index (χ0n) is 7.45. The van der Waals surface area contributed by atoms with Crippen LogP contribution in [0, 0.1) is 0 Å². The van der Waals surface area contributed by atoms with Crippen molar-refractivity contribution in [1.29, 1.82) is 0 Å². The van der Waals surface area contributed by atoms with Gasteiger partial charge < -0.3 is 10.0 Å². The van der Waals surface area contributed by atoms with Gasteiger partial charge in [-0.2, -0.15) is 0 Å². The molecule has 0 saturated heterocycles. The van der Waals surface area contributed by atoms with Crippen molar-refractivity contribution in [3.05, 3.63) is 23.8 Å². The number of phenolic OH excluding ortho intramolecular Hbond substituents is 1. The third-order valence-electron chi connectivity index (χ3n) is 2.38. The van der Waals surface area contributed by atoms with Crippen LogP contribution in [-0.2, 0) is 11.2 Å². The molecule has 0 bridgehead atoms. The molecular formula is C10H11NO2. The normalized spacial score (nSPS) is 14.4. The Morgan fingerprint density at radius 1 is 1.54 bits per heavy atom. The average Bonchev–Trinajstić information content (AvgIpc) is 2.48. The molecule has 1 aliphatic rings. The van der Waals surface area contributed by atoms with Gasteiger partial charge in [-0.15, -0.1) is 0 Å². The largest absolute Gasteiger partial charge is 0.508 e. The smallest absolute Gasteiger partial charge is 0.223 e. The van der Waals surface area contributed by atoms with Crippen molar-refractivity contribution in [2.24, 2.45) is 0 Å². The number of anilines is 1. The lowest BCUT2D eigenvalue weighted by Gasteiger charge is -2.14. The van der Waals surface area contributed by atoms with E-state index >= 15 is 0 Å². The molecule has 68 valence electrons. The van der Waals surface area contributed by atoms with Crippen LogP contribution in [0.15, 0.2) is 18.2 Å². The molecule has 1 aromatic carbocycles. The summed E-state index contributed by atoms with van der Waals surface area (Å²) in [6.45, 7) is 2.22. The second-order valence-electron chi connectivity index (χ2n) is 3.20. The van der Waals surface area contributed by atoms with E-state index in [0.717, 1.165) is 17.7 Å². The van der Waals surface area contributed by atoms with Gasteiger partial charge in [0.25, 0.3) is 0 Å². The summed E-state index contributed by atoms with van der Waals surface area (Å²) in [6.07, 6.45) is 0.752. The van der Waals surface area contributed by atoms with Crippen LogP contribution >= 0.6 is 0 Å². The van der Waals surface area contributed by atoms with Crippen molar-refractivity contribution >= 4 is 11.6 Å². The summed E-state index contributed by atoms with van der Waals surface area (Å²) in [4.78, 5) is 12.9. The molecule has 1 aromatic rings. The van der Waals surface area contributed by atoms with Crippen molar-refractivity contribution in [1.82, 2.24) is 0 Å². The van der Waals surface area contributed by atoms with E-state index in [4.69, 9.17) is 0 Å². The number of aromatic hydroxyl groups is 1. The molecule has 0 radical (unpaired) electrons. The van der Waals surface area contributed by atoms with Gasteiger partial charge >= 0.3 is 0 Å². The molecule has 2 rings (SSSR count). The fraction of sp³-hybridized carbons (Fsp3) is 0.300. The third-order valence-corrected chi connectivity index (χ3v) is 2.38. The van der Waals surface area contributed by atoms with E-state index in [1.165, 1.54) is 0 Å². The Hall–Kier alpha value is -1.51. The van der Waals surface area contributed by atoms with Crippen LogP contribution in [0.3, 0.4) is 0 Å². The third kappa shape index (κ3) is 1.16. The zero-order chi connectivity index (χ0) is 9.42. The van der Waals surface area contributed by atoms with Crippen LogP contribution in [0.1, 0.15) is 12.5 Å². The van der Waals surface area contributed by atoms with Crippen molar-refractivity contribution in [2.75, 3.05) is 11.4 Å². The molecule has 1 heterocycles. The molecule has 0 atom stereocenters. The summed E-state index contributed by atoms with van der Waals surface area (Å²) >= 11 is 0. The first kappa shape index (κ1) is 8.10. The van der Waals surface area contributed by atoms with E-state index < -0.39 is 0 Å². The lowest BCUT2D eigenvalue weighted by molar-refractivity contribution is -0.116. The standard InChI is InChI=1S/C10H11NO2/c1-7(12)11-6-5-8-9(11)3-2-4-10(8)13/h2-4,13H,5-6H2,1H3. The second-order valence-corrected chi connectivity index (χ2v) is 3.20. The van der Waals surface area contributed by atoms with Gasteiger partial charge in [-0.25, -0.2) is 0 Å². The van der Waals surface area contributed by atoms with Gasteiger partial charge in [-0.1, -0.05) is 6.07 Å². The van der Waals surface area contributed by atoms with Gasteiger partial charge in [0, 0.05) is 19.0 Å². The SMILES string of the molecule is CC(=O)N1CCc2c(O)cccc21. The van der Waals surface area contributed by atoms with Gasteiger partial charge in [0.2, 0.25) is 5.91 Å². The van der Waals surface area contributed by atoms with Crippen LogP contribution in [0.4, 0.5) is 5.69 Å². The van der Waals surface area contributed by atoms with Crippen LogP contribution in [0.25, 0.3) is 0 Å². The van der Waals surface area contributed by atoms with Crippen molar-refractivity contribution in [3.8, 4) is 5.75 Å². The number of fused-ring (bicyclic) bond motifs is 1. The Bertz CT molecular complexity index is 360. The van der Waals surface area contributed by atoms with E-state index in [2.05, 4.69) is 0 Å². The molecule has 3 heteroatoms. The summed E-state index contributed by atoms with van der Waals surface area (Å²) in [5.74, 6) is 0.325. The second kappa shape index (κ2) is 2.76. The topological polar surface area (TPSA) is 40.5 Å². The molecule has 3 nitrogen and oxygen atoms in total. The number of hydrogen-bond donors (Lipinski definition) is 1. The number of amides is 1. The van der Waals surface area contributed by atoms with Gasteiger partial charge in [0.05, 0.1) is 5.69 Å². The lowest BCUT2D eigenvalue weighted by Crippen LogP contribution is -2.25. The maximum Gasteiger partial charge on any atom is 0.223 e. The highest BCUT2D eigenvalue weighted by Gasteiger charge is 2.23. The van der Waals surface area contributed by atoms with Crippen LogP contribution < -0.4 is 4.90 Å². The summed E-state index contributed by atoms with van der Waals surface area (Å²) < 4.78 is 0. The minimum atomic E-state index is 0.0318. The molecular weight excluding hydrogens is 166 g/mol. The number of carbonyl (C=O) groups is 1. The lowest BCUT2D eigenvalue weighted by atomic mass is 10.1. The molecule has 1 N–H and O–H groups in total. The van der Waals surface area contributed by atoms with Gasteiger partial charge in [0.15, 0.2) is 0 Å². The van der Waals surface area contributed by atoms with E-state index in [-0.39, 0.29) is 5.91 Å². The zero-order valence-corrected chi connectivity index (χ0v) is 7.45. The fourth-order valence-corrected chi connectivity index (χ4v) is 1.74. The Kier molecular flexibility index (Phi) is 1.72. The Labute approximate surface area is 76.6 Å². The Balaban J connectivity index is 2.49.